The molecular weight excluding hydrogens is 186 g/mol. The van der Waals surface area contributed by atoms with Crippen LogP contribution in [0.5, 0.6) is 0 Å². The molecular formula is C13H19NO. The van der Waals surface area contributed by atoms with Crippen LogP contribution in [0, 0.1) is 11.8 Å². The van der Waals surface area contributed by atoms with Crippen molar-refractivity contribution in [1.82, 2.24) is 4.98 Å². The highest BCUT2D eigenvalue weighted by atomic mass is 16.1. The SMILES string of the molecule is CCc1cc2c([nH]c1=O)CC(C)C(C)C2. The molecule has 1 aliphatic carbocycles. The molecule has 2 heteroatoms. The van der Waals surface area contributed by atoms with E-state index < -0.39 is 0 Å². The van der Waals surface area contributed by atoms with Crippen LogP contribution in [0.1, 0.15) is 37.6 Å². The highest BCUT2D eigenvalue weighted by Gasteiger charge is 2.22. The van der Waals surface area contributed by atoms with Gasteiger partial charge >= 0.3 is 0 Å². The standard InChI is InChI=1S/C13H19NO/c1-4-10-7-11-5-8(2)9(3)6-12(11)14-13(10)15/h7-9H,4-6H2,1-3H3,(H,14,15). The predicted octanol–water partition coefficient (Wildman–Crippen LogP) is 2.31. The lowest BCUT2D eigenvalue weighted by molar-refractivity contribution is 0.355. The van der Waals surface area contributed by atoms with Gasteiger partial charge in [-0.3, -0.25) is 4.79 Å². The van der Waals surface area contributed by atoms with E-state index >= 15 is 0 Å². The van der Waals surface area contributed by atoms with E-state index in [1.54, 1.807) is 0 Å². The Morgan fingerprint density at radius 3 is 2.67 bits per heavy atom. The zero-order valence-electron chi connectivity index (χ0n) is 9.76. The van der Waals surface area contributed by atoms with Crippen molar-refractivity contribution >= 4 is 0 Å². The number of hydrogen-bond donors (Lipinski definition) is 1. The van der Waals surface area contributed by atoms with Crippen LogP contribution in [0.4, 0.5) is 0 Å². The molecule has 1 aromatic heterocycles. The lowest BCUT2D eigenvalue weighted by Crippen LogP contribution is -2.26. The molecule has 0 radical (unpaired) electrons. The van der Waals surface area contributed by atoms with Crippen LogP contribution >= 0.6 is 0 Å². The molecule has 1 aliphatic rings. The van der Waals surface area contributed by atoms with Gasteiger partial charge in [-0.1, -0.05) is 20.8 Å². The van der Waals surface area contributed by atoms with E-state index in [9.17, 15) is 4.79 Å². The second kappa shape index (κ2) is 3.84. The molecule has 0 aliphatic heterocycles. The van der Waals surface area contributed by atoms with Crippen molar-refractivity contribution in [3.8, 4) is 0 Å². The molecule has 0 bridgehead atoms. The molecule has 0 fully saturated rings. The van der Waals surface area contributed by atoms with E-state index in [2.05, 4.69) is 24.9 Å². The fourth-order valence-electron chi connectivity index (χ4n) is 2.36. The smallest absolute Gasteiger partial charge is 0.251 e. The molecule has 2 nitrogen and oxygen atoms in total. The van der Waals surface area contributed by atoms with Crippen LogP contribution in [-0.2, 0) is 19.3 Å². The van der Waals surface area contributed by atoms with Crippen LogP contribution in [-0.4, -0.2) is 4.98 Å². The quantitative estimate of drug-likeness (QED) is 0.749. The van der Waals surface area contributed by atoms with Crippen LogP contribution in [0.2, 0.25) is 0 Å². The molecule has 0 saturated carbocycles. The summed E-state index contributed by atoms with van der Waals surface area (Å²) in [5.41, 5.74) is 3.56. The Hall–Kier alpha value is -1.05. The molecule has 2 unspecified atom stereocenters. The third kappa shape index (κ3) is 1.85. The van der Waals surface area contributed by atoms with Crippen LogP contribution in [0.3, 0.4) is 0 Å². The number of fused-ring (bicyclic) bond motifs is 1. The first kappa shape index (κ1) is 10.5. The Bertz CT molecular complexity index is 419. The summed E-state index contributed by atoms with van der Waals surface area (Å²) in [6.07, 6.45) is 2.96. The summed E-state index contributed by atoms with van der Waals surface area (Å²) in [6.45, 7) is 6.59. The molecule has 0 aromatic carbocycles. The van der Waals surface area contributed by atoms with E-state index in [1.165, 1.54) is 11.3 Å². The molecule has 82 valence electrons. The summed E-state index contributed by atoms with van der Waals surface area (Å²) >= 11 is 0. The van der Waals surface area contributed by atoms with Crippen molar-refractivity contribution in [2.45, 2.75) is 40.0 Å². The van der Waals surface area contributed by atoms with E-state index in [0.29, 0.717) is 5.92 Å². The van der Waals surface area contributed by atoms with Crippen LogP contribution in [0.15, 0.2) is 10.9 Å². The van der Waals surface area contributed by atoms with Crippen molar-refractivity contribution in [3.63, 3.8) is 0 Å². The van der Waals surface area contributed by atoms with Gasteiger partial charge in [-0.05, 0) is 42.7 Å². The molecule has 0 saturated heterocycles. The Morgan fingerprint density at radius 1 is 1.33 bits per heavy atom. The largest absolute Gasteiger partial charge is 0.326 e. The van der Waals surface area contributed by atoms with E-state index in [-0.39, 0.29) is 5.56 Å². The average molecular weight is 205 g/mol. The maximum absolute atomic E-state index is 11.7. The Kier molecular flexibility index (Phi) is 2.68. The first-order valence-corrected chi connectivity index (χ1v) is 5.85. The number of nitrogens with one attached hydrogen (secondary N) is 1. The topological polar surface area (TPSA) is 32.9 Å². The summed E-state index contributed by atoms with van der Waals surface area (Å²) in [7, 11) is 0. The maximum atomic E-state index is 11.7. The first-order chi connectivity index (χ1) is 7.11. The predicted molar refractivity (Wildman–Crippen MR) is 62.2 cm³/mol. The second-order valence-corrected chi connectivity index (χ2v) is 4.84. The number of rotatable bonds is 1. The molecule has 1 heterocycles. The summed E-state index contributed by atoms with van der Waals surface area (Å²) in [6, 6.07) is 2.11. The summed E-state index contributed by atoms with van der Waals surface area (Å²) in [5.74, 6) is 1.41. The van der Waals surface area contributed by atoms with Crippen molar-refractivity contribution in [2.24, 2.45) is 11.8 Å². The molecule has 0 spiro atoms. The Balaban J connectivity index is 2.45. The van der Waals surface area contributed by atoms with Gasteiger partial charge in [-0.25, -0.2) is 0 Å². The summed E-state index contributed by atoms with van der Waals surface area (Å²) in [5, 5.41) is 0. The Labute approximate surface area is 90.7 Å². The lowest BCUT2D eigenvalue weighted by atomic mass is 9.79. The molecule has 15 heavy (non-hydrogen) atoms. The fraction of sp³-hybridized carbons (Fsp3) is 0.615. The minimum Gasteiger partial charge on any atom is -0.326 e. The van der Waals surface area contributed by atoms with Crippen molar-refractivity contribution in [3.05, 3.63) is 33.2 Å². The first-order valence-electron chi connectivity index (χ1n) is 5.85. The van der Waals surface area contributed by atoms with Gasteiger partial charge in [0.15, 0.2) is 0 Å². The highest BCUT2D eigenvalue weighted by Crippen LogP contribution is 2.28. The normalized spacial score (nSPS) is 25.0. The van der Waals surface area contributed by atoms with Gasteiger partial charge in [-0.2, -0.15) is 0 Å². The van der Waals surface area contributed by atoms with E-state index in [1.807, 2.05) is 6.92 Å². The molecule has 1 N–H and O–H groups in total. The van der Waals surface area contributed by atoms with Crippen molar-refractivity contribution in [2.75, 3.05) is 0 Å². The maximum Gasteiger partial charge on any atom is 0.251 e. The minimum atomic E-state index is 0.109. The number of hydrogen-bond acceptors (Lipinski definition) is 1. The number of aromatic nitrogens is 1. The summed E-state index contributed by atoms with van der Waals surface area (Å²) in [4.78, 5) is 14.7. The van der Waals surface area contributed by atoms with Gasteiger partial charge in [-0.15, -0.1) is 0 Å². The van der Waals surface area contributed by atoms with Crippen LogP contribution in [0.25, 0.3) is 0 Å². The van der Waals surface area contributed by atoms with Gasteiger partial charge in [0.1, 0.15) is 0 Å². The number of H-pyrrole nitrogens is 1. The van der Waals surface area contributed by atoms with Crippen molar-refractivity contribution < 1.29 is 0 Å². The van der Waals surface area contributed by atoms with Gasteiger partial charge in [0.2, 0.25) is 0 Å². The zero-order valence-corrected chi connectivity index (χ0v) is 9.76. The number of pyridine rings is 1. The highest BCUT2D eigenvalue weighted by molar-refractivity contribution is 5.28. The van der Waals surface area contributed by atoms with Crippen LogP contribution < -0.4 is 5.56 Å². The third-order valence-electron chi connectivity index (χ3n) is 3.71. The van der Waals surface area contributed by atoms with Gasteiger partial charge in [0.25, 0.3) is 5.56 Å². The zero-order chi connectivity index (χ0) is 11.0. The average Bonchev–Trinajstić information content (AvgIpc) is 2.20. The lowest BCUT2D eigenvalue weighted by Gasteiger charge is -2.27. The number of aromatic amines is 1. The van der Waals surface area contributed by atoms with E-state index in [0.717, 1.165) is 30.7 Å². The van der Waals surface area contributed by atoms with Gasteiger partial charge in [0, 0.05) is 11.3 Å². The van der Waals surface area contributed by atoms with Crippen molar-refractivity contribution in [1.29, 1.82) is 0 Å². The molecule has 2 rings (SSSR count). The monoisotopic (exact) mass is 205 g/mol. The molecule has 0 amide bonds. The molecule has 2 atom stereocenters. The second-order valence-electron chi connectivity index (χ2n) is 4.84. The minimum absolute atomic E-state index is 0.109. The van der Waals surface area contributed by atoms with Gasteiger partial charge in [0.05, 0.1) is 0 Å². The van der Waals surface area contributed by atoms with Gasteiger partial charge < -0.3 is 4.98 Å². The number of aryl methyl sites for hydroxylation is 1. The fourth-order valence-corrected chi connectivity index (χ4v) is 2.36. The Morgan fingerprint density at radius 2 is 2.00 bits per heavy atom. The third-order valence-corrected chi connectivity index (χ3v) is 3.71. The summed E-state index contributed by atoms with van der Waals surface area (Å²) < 4.78 is 0. The van der Waals surface area contributed by atoms with E-state index in [4.69, 9.17) is 0 Å². The molecule has 1 aromatic rings.